The van der Waals surface area contributed by atoms with Crippen LogP contribution in [0.25, 0.3) is 0 Å². The molecule has 1 spiro atoms. The molecule has 6 heteroatoms. The van der Waals surface area contributed by atoms with Gasteiger partial charge >= 0.3 is 0 Å². The quantitative estimate of drug-likeness (QED) is 0.863. The Labute approximate surface area is 140 Å². The highest BCUT2D eigenvalue weighted by Gasteiger charge is 2.41. The van der Waals surface area contributed by atoms with Gasteiger partial charge in [0.1, 0.15) is 0 Å². The average Bonchev–Trinajstić information content (AvgIpc) is 3.17. The zero-order valence-corrected chi connectivity index (χ0v) is 14.0. The van der Waals surface area contributed by atoms with Crippen molar-refractivity contribution in [2.45, 2.75) is 13.0 Å². The molecule has 0 bridgehead atoms. The average molecular weight is 330 g/mol. The Kier molecular flexibility index (Phi) is 4.29. The summed E-state index contributed by atoms with van der Waals surface area (Å²) >= 11 is 1.84. The number of aromatic nitrogens is 2. The molecule has 122 valence electrons. The van der Waals surface area contributed by atoms with Crippen LogP contribution in [0, 0.1) is 5.41 Å². The van der Waals surface area contributed by atoms with Gasteiger partial charge in [-0.1, -0.05) is 6.07 Å². The van der Waals surface area contributed by atoms with Crippen LogP contribution in [0.4, 0.5) is 5.95 Å². The van der Waals surface area contributed by atoms with E-state index < -0.39 is 0 Å². The highest BCUT2D eigenvalue weighted by Crippen LogP contribution is 2.35. The molecule has 0 radical (unpaired) electrons. The summed E-state index contributed by atoms with van der Waals surface area (Å²) in [6, 6.07) is 6.23. The van der Waals surface area contributed by atoms with E-state index in [2.05, 4.69) is 37.3 Å². The molecule has 2 aromatic heterocycles. The van der Waals surface area contributed by atoms with Gasteiger partial charge < -0.3 is 9.64 Å². The van der Waals surface area contributed by atoms with Crippen LogP contribution in [0.3, 0.4) is 0 Å². The van der Waals surface area contributed by atoms with Crippen LogP contribution in [0.5, 0.6) is 0 Å². The Balaban J connectivity index is 1.47. The second-order valence-electron chi connectivity index (χ2n) is 6.56. The van der Waals surface area contributed by atoms with E-state index in [0.29, 0.717) is 0 Å². The topological polar surface area (TPSA) is 41.5 Å². The molecule has 0 amide bonds. The summed E-state index contributed by atoms with van der Waals surface area (Å²) in [5.41, 5.74) is 0.201. The molecule has 4 heterocycles. The van der Waals surface area contributed by atoms with Gasteiger partial charge in [-0.25, -0.2) is 9.97 Å². The summed E-state index contributed by atoms with van der Waals surface area (Å²) in [6.07, 6.45) is 4.82. The Bertz CT molecular complexity index is 621. The lowest BCUT2D eigenvalue weighted by molar-refractivity contribution is 0.0731. The first kappa shape index (κ1) is 15.1. The summed E-state index contributed by atoms with van der Waals surface area (Å²) in [5, 5.41) is 2.16. The lowest BCUT2D eigenvalue weighted by Crippen LogP contribution is -2.41. The zero-order chi connectivity index (χ0) is 15.5. The maximum Gasteiger partial charge on any atom is 0.225 e. The fraction of sp³-hybridized carbons (Fsp3) is 0.529. The predicted octanol–water partition coefficient (Wildman–Crippen LogP) is 2.27. The van der Waals surface area contributed by atoms with Gasteiger partial charge in [0, 0.05) is 48.9 Å². The summed E-state index contributed by atoms with van der Waals surface area (Å²) in [6.45, 7) is 6.75. The summed E-state index contributed by atoms with van der Waals surface area (Å²) in [5.74, 6) is 0.828. The zero-order valence-electron chi connectivity index (χ0n) is 13.2. The molecule has 2 saturated heterocycles. The molecule has 0 N–H and O–H groups in total. The molecule has 0 unspecified atom stereocenters. The molecule has 4 rings (SSSR count). The SMILES string of the molecule is c1cnc(N2CCOC[C@]3(CCN(Cc4cccs4)C3)C2)nc1. The third-order valence-electron chi connectivity index (χ3n) is 4.75. The first-order valence-electron chi connectivity index (χ1n) is 8.18. The number of nitrogens with zero attached hydrogens (tertiary/aromatic N) is 4. The van der Waals surface area contributed by atoms with Crippen molar-refractivity contribution >= 4 is 17.3 Å². The van der Waals surface area contributed by atoms with E-state index in [0.717, 1.165) is 51.9 Å². The monoisotopic (exact) mass is 330 g/mol. The Hall–Kier alpha value is -1.50. The van der Waals surface area contributed by atoms with Crippen LogP contribution in [0.15, 0.2) is 36.0 Å². The van der Waals surface area contributed by atoms with Crippen LogP contribution < -0.4 is 4.90 Å². The van der Waals surface area contributed by atoms with Crippen molar-refractivity contribution in [3.05, 3.63) is 40.8 Å². The summed E-state index contributed by atoms with van der Waals surface area (Å²) in [4.78, 5) is 15.1. The van der Waals surface area contributed by atoms with Crippen molar-refractivity contribution < 1.29 is 4.74 Å². The molecule has 5 nitrogen and oxygen atoms in total. The molecular formula is C17H22N4OS. The van der Waals surface area contributed by atoms with Gasteiger partial charge in [0.2, 0.25) is 5.95 Å². The molecule has 2 aromatic rings. The smallest absolute Gasteiger partial charge is 0.225 e. The van der Waals surface area contributed by atoms with Crippen LogP contribution in [-0.4, -0.2) is 54.3 Å². The highest BCUT2D eigenvalue weighted by atomic mass is 32.1. The standard InChI is InChI=1S/C17H22N4OS/c1-3-15(23-10-1)11-20-7-4-17(12-20)13-21(8-9-22-14-17)16-18-5-2-6-19-16/h1-3,5-6,10H,4,7-9,11-14H2/t17-/m0/s1. The third-order valence-corrected chi connectivity index (χ3v) is 5.61. The normalized spacial score (nSPS) is 25.8. The van der Waals surface area contributed by atoms with E-state index in [4.69, 9.17) is 4.74 Å². The van der Waals surface area contributed by atoms with Crippen molar-refractivity contribution in [1.29, 1.82) is 0 Å². The maximum atomic E-state index is 5.95. The van der Waals surface area contributed by atoms with Gasteiger partial charge in [-0.3, -0.25) is 4.90 Å². The first-order valence-corrected chi connectivity index (χ1v) is 9.05. The van der Waals surface area contributed by atoms with Crippen LogP contribution >= 0.6 is 11.3 Å². The Morgan fingerprint density at radius 3 is 2.91 bits per heavy atom. The molecule has 2 fully saturated rings. The molecule has 1 atom stereocenters. The molecule has 0 aliphatic carbocycles. The minimum Gasteiger partial charge on any atom is -0.379 e. The van der Waals surface area contributed by atoms with Crippen LogP contribution in [0.2, 0.25) is 0 Å². The number of thiophene rings is 1. The molecule has 0 aromatic carbocycles. The van der Waals surface area contributed by atoms with E-state index in [1.807, 2.05) is 29.8 Å². The largest absolute Gasteiger partial charge is 0.379 e. The second kappa shape index (κ2) is 6.55. The van der Waals surface area contributed by atoms with Crippen LogP contribution in [-0.2, 0) is 11.3 Å². The number of anilines is 1. The predicted molar refractivity (Wildman–Crippen MR) is 91.7 cm³/mol. The molecule has 0 saturated carbocycles. The molecular weight excluding hydrogens is 308 g/mol. The van der Waals surface area contributed by atoms with E-state index >= 15 is 0 Å². The first-order chi connectivity index (χ1) is 11.3. The minimum absolute atomic E-state index is 0.201. The van der Waals surface area contributed by atoms with Gasteiger partial charge in [0.25, 0.3) is 0 Å². The number of ether oxygens (including phenoxy) is 1. The van der Waals surface area contributed by atoms with E-state index in [1.54, 1.807) is 0 Å². The van der Waals surface area contributed by atoms with Crippen molar-refractivity contribution in [1.82, 2.24) is 14.9 Å². The number of hydrogen-bond acceptors (Lipinski definition) is 6. The molecule has 23 heavy (non-hydrogen) atoms. The third kappa shape index (κ3) is 3.39. The van der Waals surface area contributed by atoms with Crippen LogP contribution in [0.1, 0.15) is 11.3 Å². The van der Waals surface area contributed by atoms with Crippen molar-refractivity contribution in [3.8, 4) is 0 Å². The van der Waals surface area contributed by atoms with Gasteiger partial charge in [-0.15, -0.1) is 11.3 Å². The minimum atomic E-state index is 0.201. The fourth-order valence-electron chi connectivity index (χ4n) is 3.65. The van der Waals surface area contributed by atoms with E-state index in [1.165, 1.54) is 11.3 Å². The van der Waals surface area contributed by atoms with E-state index in [-0.39, 0.29) is 5.41 Å². The lowest BCUT2D eigenvalue weighted by atomic mass is 9.87. The molecule has 2 aliphatic rings. The van der Waals surface area contributed by atoms with Crippen molar-refractivity contribution in [2.75, 3.05) is 44.3 Å². The summed E-state index contributed by atoms with van der Waals surface area (Å²) < 4.78 is 5.95. The number of rotatable bonds is 3. The Morgan fingerprint density at radius 2 is 2.09 bits per heavy atom. The van der Waals surface area contributed by atoms with Gasteiger partial charge in [-0.2, -0.15) is 0 Å². The van der Waals surface area contributed by atoms with Crippen molar-refractivity contribution in [2.24, 2.45) is 5.41 Å². The van der Waals surface area contributed by atoms with E-state index in [9.17, 15) is 0 Å². The van der Waals surface area contributed by atoms with Crippen molar-refractivity contribution in [3.63, 3.8) is 0 Å². The summed E-state index contributed by atoms with van der Waals surface area (Å²) in [7, 11) is 0. The fourth-order valence-corrected chi connectivity index (χ4v) is 4.40. The number of likely N-dealkylation sites (tertiary alicyclic amines) is 1. The van der Waals surface area contributed by atoms with Gasteiger partial charge in [0.15, 0.2) is 0 Å². The number of hydrogen-bond donors (Lipinski definition) is 0. The second-order valence-corrected chi connectivity index (χ2v) is 7.60. The molecule has 2 aliphatic heterocycles. The maximum absolute atomic E-state index is 5.95. The highest BCUT2D eigenvalue weighted by molar-refractivity contribution is 7.09. The van der Waals surface area contributed by atoms with Gasteiger partial charge in [0.05, 0.1) is 13.2 Å². The lowest BCUT2D eigenvalue weighted by Gasteiger charge is -2.31. The van der Waals surface area contributed by atoms with Gasteiger partial charge in [-0.05, 0) is 30.5 Å². The Morgan fingerprint density at radius 1 is 1.17 bits per heavy atom.